The van der Waals surface area contributed by atoms with Crippen molar-refractivity contribution >= 4 is 17.3 Å². The van der Waals surface area contributed by atoms with Crippen molar-refractivity contribution in [1.82, 2.24) is 15.1 Å². The van der Waals surface area contributed by atoms with Crippen molar-refractivity contribution in [2.75, 3.05) is 39.3 Å². The highest BCUT2D eigenvalue weighted by Crippen LogP contribution is 2.12. The molecule has 0 aromatic carbocycles. The first kappa shape index (κ1) is 15.8. The molecule has 6 heteroatoms. The van der Waals surface area contributed by atoms with Gasteiger partial charge in [0.2, 0.25) is 0 Å². The number of hydrogen-bond donors (Lipinski definition) is 1. The molecule has 1 aromatic heterocycles. The molecule has 3 heterocycles. The van der Waals surface area contributed by atoms with E-state index < -0.39 is 0 Å². The Hall–Kier alpha value is -1.11. The van der Waals surface area contributed by atoms with Crippen molar-refractivity contribution in [2.24, 2.45) is 0 Å². The molecule has 22 heavy (non-hydrogen) atoms. The molecular weight excluding hydrogens is 298 g/mol. The van der Waals surface area contributed by atoms with Gasteiger partial charge in [-0.3, -0.25) is 4.90 Å². The first-order valence-corrected chi connectivity index (χ1v) is 8.61. The van der Waals surface area contributed by atoms with Crippen LogP contribution in [0.1, 0.15) is 25.0 Å². The van der Waals surface area contributed by atoms with Crippen LogP contribution in [0.3, 0.4) is 0 Å². The Morgan fingerprint density at radius 3 is 3.00 bits per heavy atom. The van der Waals surface area contributed by atoms with Crippen molar-refractivity contribution < 1.29 is 9.15 Å². The normalized spacial score (nSPS) is 23.5. The lowest BCUT2D eigenvalue weighted by atomic mass is 10.2. The summed E-state index contributed by atoms with van der Waals surface area (Å²) in [5, 5.41) is 4.25. The van der Waals surface area contributed by atoms with E-state index >= 15 is 0 Å². The molecule has 1 atom stereocenters. The SMILES string of the molecule is S=C(NCC1CCCO1)N1CCCN(Cc2ccco2)CC1. The Bertz CT molecular complexity index is 460. The summed E-state index contributed by atoms with van der Waals surface area (Å²) in [5.41, 5.74) is 0. The molecule has 1 unspecified atom stereocenters. The molecule has 0 saturated carbocycles. The molecule has 1 N–H and O–H groups in total. The van der Waals surface area contributed by atoms with Crippen LogP contribution in [-0.4, -0.2) is 60.3 Å². The number of thiocarbonyl (C=S) groups is 1. The van der Waals surface area contributed by atoms with Crippen molar-refractivity contribution in [3.63, 3.8) is 0 Å². The number of ether oxygens (including phenoxy) is 1. The molecule has 2 saturated heterocycles. The lowest BCUT2D eigenvalue weighted by Crippen LogP contribution is -2.44. The van der Waals surface area contributed by atoms with Crippen LogP contribution < -0.4 is 5.32 Å². The first-order chi connectivity index (χ1) is 10.8. The summed E-state index contributed by atoms with van der Waals surface area (Å²) in [6.45, 7) is 6.71. The van der Waals surface area contributed by atoms with Crippen molar-refractivity contribution in [3.8, 4) is 0 Å². The lowest BCUT2D eigenvalue weighted by Gasteiger charge is -2.25. The van der Waals surface area contributed by atoms with Gasteiger partial charge in [-0.25, -0.2) is 0 Å². The minimum absolute atomic E-state index is 0.334. The van der Waals surface area contributed by atoms with E-state index in [0.717, 1.165) is 69.6 Å². The van der Waals surface area contributed by atoms with Gasteiger partial charge in [-0.1, -0.05) is 0 Å². The highest BCUT2D eigenvalue weighted by atomic mass is 32.1. The molecule has 0 bridgehead atoms. The zero-order chi connectivity index (χ0) is 15.2. The first-order valence-electron chi connectivity index (χ1n) is 8.20. The van der Waals surface area contributed by atoms with E-state index in [1.807, 2.05) is 12.1 Å². The average Bonchev–Trinajstić information content (AvgIpc) is 3.16. The highest BCUT2D eigenvalue weighted by molar-refractivity contribution is 7.80. The molecule has 2 aliphatic heterocycles. The van der Waals surface area contributed by atoms with Crippen LogP contribution in [-0.2, 0) is 11.3 Å². The zero-order valence-corrected chi connectivity index (χ0v) is 13.8. The van der Waals surface area contributed by atoms with E-state index in [-0.39, 0.29) is 0 Å². The van der Waals surface area contributed by atoms with E-state index in [4.69, 9.17) is 21.4 Å². The number of rotatable bonds is 4. The minimum Gasteiger partial charge on any atom is -0.468 e. The number of nitrogens with zero attached hydrogens (tertiary/aromatic N) is 2. The van der Waals surface area contributed by atoms with E-state index in [9.17, 15) is 0 Å². The van der Waals surface area contributed by atoms with Gasteiger partial charge in [-0.15, -0.1) is 0 Å². The molecule has 0 spiro atoms. The third-order valence-corrected chi connectivity index (χ3v) is 4.74. The minimum atomic E-state index is 0.334. The Morgan fingerprint density at radius 1 is 1.27 bits per heavy atom. The van der Waals surface area contributed by atoms with E-state index in [1.165, 1.54) is 6.42 Å². The van der Waals surface area contributed by atoms with Crippen molar-refractivity contribution in [3.05, 3.63) is 24.2 Å². The number of nitrogens with one attached hydrogen (secondary N) is 1. The van der Waals surface area contributed by atoms with Crippen LogP contribution in [0, 0.1) is 0 Å². The molecule has 0 radical (unpaired) electrons. The monoisotopic (exact) mass is 323 g/mol. The van der Waals surface area contributed by atoms with Gasteiger partial charge in [0, 0.05) is 39.3 Å². The summed E-state index contributed by atoms with van der Waals surface area (Å²) in [4.78, 5) is 4.72. The second-order valence-corrected chi connectivity index (χ2v) is 6.40. The van der Waals surface area contributed by atoms with Gasteiger partial charge >= 0.3 is 0 Å². The second kappa shape index (κ2) is 7.94. The summed E-state index contributed by atoms with van der Waals surface area (Å²) in [5.74, 6) is 1.03. The third kappa shape index (κ3) is 4.44. The summed E-state index contributed by atoms with van der Waals surface area (Å²) in [6, 6.07) is 3.99. The molecular formula is C16H25N3O2S. The van der Waals surface area contributed by atoms with Crippen LogP contribution in [0.4, 0.5) is 0 Å². The maximum atomic E-state index is 5.63. The van der Waals surface area contributed by atoms with Crippen LogP contribution in [0.25, 0.3) is 0 Å². The molecule has 122 valence electrons. The number of hydrogen-bond acceptors (Lipinski definition) is 4. The smallest absolute Gasteiger partial charge is 0.169 e. The molecule has 2 fully saturated rings. The average molecular weight is 323 g/mol. The molecule has 2 aliphatic rings. The largest absolute Gasteiger partial charge is 0.468 e. The van der Waals surface area contributed by atoms with Crippen LogP contribution in [0.5, 0.6) is 0 Å². The van der Waals surface area contributed by atoms with Gasteiger partial charge in [0.05, 0.1) is 18.9 Å². The molecule has 0 amide bonds. The fourth-order valence-electron chi connectivity index (χ4n) is 3.07. The van der Waals surface area contributed by atoms with Gasteiger partial charge in [0.1, 0.15) is 5.76 Å². The Morgan fingerprint density at radius 2 is 2.23 bits per heavy atom. The van der Waals surface area contributed by atoms with Crippen molar-refractivity contribution in [2.45, 2.75) is 31.9 Å². The van der Waals surface area contributed by atoms with Crippen LogP contribution >= 0.6 is 12.2 Å². The fourth-order valence-corrected chi connectivity index (χ4v) is 3.34. The second-order valence-electron chi connectivity index (χ2n) is 6.02. The van der Waals surface area contributed by atoms with E-state index in [1.54, 1.807) is 6.26 Å². The molecule has 3 rings (SSSR count). The molecule has 1 aromatic rings. The number of furan rings is 1. The Kier molecular flexibility index (Phi) is 5.70. The van der Waals surface area contributed by atoms with E-state index in [0.29, 0.717) is 6.10 Å². The Labute approximate surface area is 137 Å². The lowest BCUT2D eigenvalue weighted by molar-refractivity contribution is 0.113. The quantitative estimate of drug-likeness (QED) is 0.853. The maximum Gasteiger partial charge on any atom is 0.169 e. The fraction of sp³-hybridized carbons (Fsp3) is 0.688. The predicted molar refractivity (Wildman–Crippen MR) is 89.7 cm³/mol. The molecule has 0 aliphatic carbocycles. The van der Waals surface area contributed by atoms with Crippen molar-refractivity contribution in [1.29, 1.82) is 0 Å². The van der Waals surface area contributed by atoms with Crippen LogP contribution in [0.15, 0.2) is 22.8 Å². The standard InChI is InChI=1S/C16H25N3O2S/c22-16(17-12-14-4-1-10-20-14)19-7-3-6-18(8-9-19)13-15-5-2-11-21-15/h2,5,11,14H,1,3-4,6-10,12-13H2,(H,17,22). The maximum absolute atomic E-state index is 5.63. The summed E-state index contributed by atoms with van der Waals surface area (Å²) < 4.78 is 11.1. The zero-order valence-electron chi connectivity index (χ0n) is 13.0. The summed E-state index contributed by atoms with van der Waals surface area (Å²) in [6.07, 6.45) is 5.52. The Balaban J connectivity index is 1.42. The topological polar surface area (TPSA) is 40.9 Å². The van der Waals surface area contributed by atoms with Gasteiger partial charge in [0.15, 0.2) is 5.11 Å². The van der Waals surface area contributed by atoms with Gasteiger partial charge in [-0.05, 0) is 43.6 Å². The van der Waals surface area contributed by atoms with Gasteiger partial charge in [0.25, 0.3) is 0 Å². The summed E-state index contributed by atoms with van der Waals surface area (Å²) in [7, 11) is 0. The van der Waals surface area contributed by atoms with Gasteiger partial charge in [-0.2, -0.15) is 0 Å². The summed E-state index contributed by atoms with van der Waals surface area (Å²) >= 11 is 5.55. The predicted octanol–water partition coefficient (Wildman–Crippen LogP) is 1.84. The van der Waals surface area contributed by atoms with Gasteiger partial charge < -0.3 is 19.4 Å². The van der Waals surface area contributed by atoms with Crippen LogP contribution in [0.2, 0.25) is 0 Å². The third-order valence-electron chi connectivity index (χ3n) is 4.34. The van der Waals surface area contributed by atoms with E-state index in [2.05, 4.69) is 15.1 Å². The highest BCUT2D eigenvalue weighted by Gasteiger charge is 2.20. The molecule has 5 nitrogen and oxygen atoms in total.